The summed E-state index contributed by atoms with van der Waals surface area (Å²) < 4.78 is 56.5. The number of halogens is 6. The van der Waals surface area contributed by atoms with Crippen molar-refractivity contribution >= 4 is 34.8 Å². The number of amides is 1. The number of anilines is 1. The zero-order chi connectivity index (χ0) is 20.6. The number of rotatable bonds is 3. The third-order valence-electron chi connectivity index (χ3n) is 3.84. The molecule has 0 aliphatic carbocycles. The first-order valence-electron chi connectivity index (χ1n) is 7.73. The number of aromatic nitrogens is 2. The van der Waals surface area contributed by atoms with Gasteiger partial charge in [0.25, 0.3) is 5.91 Å². The Bertz CT molecular complexity index is 1050. The highest BCUT2D eigenvalue weighted by atomic mass is 35.5. The van der Waals surface area contributed by atoms with E-state index in [9.17, 15) is 22.4 Å². The van der Waals surface area contributed by atoms with E-state index in [2.05, 4.69) is 5.10 Å². The zero-order valence-electron chi connectivity index (χ0n) is 14.1. The van der Waals surface area contributed by atoms with E-state index in [4.69, 9.17) is 23.2 Å². The van der Waals surface area contributed by atoms with Gasteiger partial charge in [0, 0.05) is 18.8 Å². The van der Waals surface area contributed by atoms with Crippen LogP contribution in [-0.2, 0) is 7.05 Å². The van der Waals surface area contributed by atoms with E-state index < -0.39 is 23.7 Å². The molecule has 0 aliphatic heterocycles. The Hall–Kier alpha value is -2.58. The molecule has 0 bridgehead atoms. The van der Waals surface area contributed by atoms with E-state index in [1.54, 1.807) is 0 Å². The number of alkyl halides is 3. The summed E-state index contributed by atoms with van der Waals surface area (Å²) >= 11 is 11.8. The molecule has 3 rings (SSSR count). The largest absolute Gasteiger partial charge is 0.491 e. The first-order chi connectivity index (χ1) is 13.1. The lowest BCUT2D eigenvalue weighted by Gasteiger charge is -2.27. The van der Waals surface area contributed by atoms with E-state index in [-0.39, 0.29) is 31.6 Å². The van der Waals surface area contributed by atoms with Crippen LogP contribution in [0.3, 0.4) is 0 Å². The second-order valence-electron chi connectivity index (χ2n) is 5.80. The Morgan fingerprint density at radius 2 is 1.82 bits per heavy atom. The van der Waals surface area contributed by atoms with Crippen LogP contribution in [0.4, 0.5) is 23.2 Å². The van der Waals surface area contributed by atoms with Crippen molar-refractivity contribution in [1.29, 1.82) is 0 Å². The molecular formula is C18H11Cl2F4N3O. The Morgan fingerprint density at radius 1 is 1.11 bits per heavy atom. The van der Waals surface area contributed by atoms with Crippen molar-refractivity contribution in [2.75, 3.05) is 4.90 Å². The first kappa shape index (κ1) is 20.2. The van der Waals surface area contributed by atoms with Crippen LogP contribution < -0.4 is 4.90 Å². The summed E-state index contributed by atoms with van der Waals surface area (Å²) in [5.74, 6) is -2.13. The number of nitrogens with zero attached hydrogens (tertiary/aromatic N) is 3. The molecule has 1 heterocycles. The average molecular weight is 432 g/mol. The summed E-state index contributed by atoms with van der Waals surface area (Å²) in [6, 6.07) is 6.67. The quantitative estimate of drug-likeness (QED) is 0.394. The van der Waals surface area contributed by atoms with Gasteiger partial charge in [0.1, 0.15) is 5.82 Å². The molecule has 0 spiro atoms. The fraction of sp³-hybridized carbons (Fsp3) is 0.111. The molecule has 1 amide bonds. The maximum Gasteiger partial charge on any atom is 0.491 e. The minimum Gasteiger partial charge on any atom is -0.275 e. The van der Waals surface area contributed by atoms with Crippen LogP contribution in [0, 0.1) is 5.82 Å². The standard InChI is InChI=1S/C18H11Cl2F4N3O/c1-26-9-11(8-25-26)17(28)27(18(22,23)24)16-5-3-12(21)7-13(16)10-2-4-14(19)15(20)6-10/h2-9H,1H3. The lowest BCUT2D eigenvalue weighted by molar-refractivity contribution is -0.122. The molecule has 4 nitrogen and oxygen atoms in total. The Morgan fingerprint density at radius 3 is 2.39 bits per heavy atom. The molecule has 0 fully saturated rings. The minimum atomic E-state index is -5.07. The molecule has 0 atom stereocenters. The average Bonchev–Trinajstić information content (AvgIpc) is 3.04. The number of hydrogen-bond donors (Lipinski definition) is 0. The molecule has 28 heavy (non-hydrogen) atoms. The summed E-state index contributed by atoms with van der Waals surface area (Å²) in [7, 11) is 1.47. The number of carbonyl (C=O) groups excluding carboxylic acids is 1. The predicted octanol–water partition coefficient (Wildman–Crippen LogP) is 5.70. The van der Waals surface area contributed by atoms with Crippen molar-refractivity contribution in [1.82, 2.24) is 9.78 Å². The van der Waals surface area contributed by atoms with Crippen LogP contribution in [0.2, 0.25) is 10.0 Å². The summed E-state index contributed by atoms with van der Waals surface area (Å²) in [5.41, 5.74) is -0.837. The van der Waals surface area contributed by atoms with Gasteiger partial charge in [0.15, 0.2) is 0 Å². The number of aryl methyl sites for hydroxylation is 1. The zero-order valence-corrected chi connectivity index (χ0v) is 15.6. The molecule has 0 N–H and O–H groups in total. The highest BCUT2D eigenvalue weighted by Crippen LogP contribution is 2.39. The third-order valence-corrected chi connectivity index (χ3v) is 4.58. The molecule has 0 saturated carbocycles. The van der Waals surface area contributed by atoms with Gasteiger partial charge in [-0.1, -0.05) is 29.3 Å². The lowest BCUT2D eigenvalue weighted by Crippen LogP contribution is -2.43. The first-order valence-corrected chi connectivity index (χ1v) is 8.48. The van der Waals surface area contributed by atoms with Gasteiger partial charge in [0.2, 0.25) is 0 Å². The van der Waals surface area contributed by atoms with Crippen molar-refractivity contribution in [3.63, 3.8) is 0 Å². The second kappa shape index (κ2) is 7.44. The van der Waals surface area contributed by atoms with Crippen LogP contribution in [-0.4, -0.2) is 22.0 Å². The molecule has 3 aromatic rings. The maximum absolute atomic E-state index is 13.8. The van der Waals surface area contributed by atoms with Crippen molar-refractivity contribution in [2.24, 2.45) is 7.05 Å². The normalized spacial score (nSPS) is 11.5. The summed E-state index contributed by atoms with van der Waals surface area (Å²) in [5, 5.41) is 3.98. The molecule has 0 radical (unpaired) electrons. The van der Waals surface area contributed by atoms with Crippen LogP contribution in [0.25, 0.3) is 11.1 Å². The van der Waals surface area contributed by atoms with Gasteiger partial charge >= 0.3 is 6.30 Å². The van der Waals surface area contributed by atoms with Gasteiger partial charge in [0.05, 0.1) is 27.5 Å². The van der Waals surface area contributed by atoms with Crippen LogP contribution in [0.1, 0.15) is 10.4 Å². The maximum atomic E-state index is 13.8. The van der Waals surface area contributed by atoms with Crippen molar-refractivity contribution in [3.05, 3.63) is 70.2 Å². The van der Waals surface area contributed by atoms with E-state index in [0.717, 1.165) is 30.6 Å². The fourth-order valence-corrected chi connectivity index (χ4v) is 2.92. The molecule has 2 aromatic carbocycles. The van der Waals surface area contributed by atoms with Crippen molar-refractivity contribution in [2.45, 2.75) is 6.30 Å². The number of hydrogen-bond acceptors (Lipinski definition) is 2. The molecule has 10 heteroatoms. The Kier molecular flexibility index (Phi) is 5.36. The SMILES string of the molecule is Cn1cc(C(=O)N(c2ccc(F)cc2-c2ccc(Cl)c(Cl)c2)C(F)(F)F)cn1. The lowest BCUT2D eigenvalue weighted by atomic mass is 10.0. The fourth-order valence-electron chi connectivity index (χ4n) is 2.62. The minimum absolute atomic E-state index is 0.0755. The smallest absolute Gasteiger partial charge is 0.275 e. The van der Waals surface area contributed by atoms with Gasteiger partial charge in [-0.2, -0.15) is 5.10 Å². The third kappa shape index (κ3) is 3.98. The van der Waals surface area contributed by atoms with E-state index in [1.165, 1.54) is 29.9 Å². The highest BCUT2D eigenvalue weighted by Gasteiger charge is 2.44. The van der Waals surface area contributed by atoms with Crippen LogP contribution >= 0.6 is 23.2 Å². The van der Waals surface area contributed by atoms with E-state index in [0.29, 0.717) is 0 Å². The predicted molar refractivity (Wildman–Crippen MR) is 97.9 cm³/mol. The number of benzene rings is 2. The Balaban J connectivity index is 2.21. The Labute approximate surface area is 166 Å². The molecule has 0 unspecified atom stereocenters. The number of carbonyl (C=O) groups is 1. The molecule has 1 aromatic heterocycles. The molecule has 0 saturated heterocycles. The van der Waals surface area contributed by atoms with Gasteiger partial charge in [-0.05, 0) is 35.9 Å². The summed E-state index contributed by atoms with van der Waals surface area (Å²) in [6.07, 6.45) is -2.90. The van der Waals surface area contributed by atoms with E-state index >= 15 is 0 Å². The van der Waals surface area contributed by atoms with Crippen molar-refractivity contribution < 1.29 is 22.4 Å². The topological polar surface area (TPSA) is 38.1 Å². The highest BCUT2D eigenvalue weighted by molar-refractivity contribution is 6.42. The second-order valence-corrected chi connectivity index (χ2v) is 6.62. The van der Waals surface area contributed by atoms with E-state index in [1.807, 2.05) is 0 Å². The van der Waals surface area contributed by atoms with Gasteiger partial charge in [-0.25, -0.2) is 9.29 Å². The molecule has 146 valence electrons. The van der Waals surface area contributed by atoms with Gasteiger partial charge < -0.3 is 0 Å². The molecule has 0 aliphatic rings. The summed E-state index contributed by atoms with van der Waals surface area (Å²) in [6.45, 7) is 0. The summed E-state index contributed by atoms with van der Waals surface area (Å²) in [4.78, 5) is 12.2. The van der Waals surface area contributed by atoms with Gasteiger partial charge in [-0.15, -0.1) is 13.2 Å². The van der Waals surface area contributed by atoms with Gasteiger partial charge in [-0.3, -0.25) is 9.48 Å². The van der Waals surface area contributed by atoms with Crippen molar-refractivity contribution in [3.8, 4) is 11.1 Å². The van der Waals surface area contributed by atoms with Crippen LogP contribution in [0.15, 0.2) is 48.8 Å². The van der Waals surface area contributed by atoms with Crippen LogP contribution in [0.5, 0.6) is 0 Å². The monoisotopic (exact) mass is 431 g/mol. The molecular weight excluding hydrogens is 421 g/mol.